The average molecular weight is 358 g/mol. The fraction of sp³-hybridized carbons (Fsp3) is 0.600. The SMILES string of the molecule is CC(C)CN1CCC(Nc2ccc(I)cc2)CC1. The van der Waals surface area contributed by atoms with Crippen LogP contribution in [0.1, 0.15) is 26.7 Å². The van der Waals surface area contributed by atoms with Gasteiger partial charge in [-0.2, -0.15) is 0 Å². The molecule has 2 nitrogen and oxygen atoms in total. The Hall–Kier alpha value is -0.290. The number of benzene rings is 1. The molecule has 0 spiro atoms. The third-order valence-corrected chi connectivity index (χ3v) is 4.15. The normalized spacial score (nSPS) is 18.2. The number of hydrogen-bond acceptors (Lipinski definition) is 2. The third-order valence-electron chi connectivity index (χ3n) is 3.43. The maximum absolute atomic E-state index is 3.65. The average Bonchev–Trinajstić information content (AvgIpc) is 2.34. The highest BCUT2D eigenvalue weighted by molar-refractivity contribution is 14.1. The molecule has 1 aliphatic rings. The van der Waals surface area contributed by atoms with E-state index >= 15 is 0 Å². The minimum atomic E-state index is 0.647. The highest BCUT2D eigenvalue weighted by atomic mass is 127. The highest BCUT2D eigenvalue weighted by Crippen LogP contribution is 2.18. The van der Waals surface area contributed by atoms with E-state index in [-0.39, 0.29) is 0 Å². The second kappa shape index (κ2) is 6.75. The lowest BCUT2D eigenvalue weighted by Gasteiger charge is -2.33. The van der Waals surface area contributed by atoms with Gasteiger partial charge in [-0.1, -0.05) is 13.8 Å². The predicted octanol–water partition coefficient (Wildman–Crippen LogP) is 3.82. The molecule has 1 fully saturated rings. The number of rotatable bonds is 4. The quantitative estimate of drug-likeness (QED) is 0.824. The zero-order valence-corrected chi connectivity index (χ0v) is 13.5. The number of nitrogens with one attached hydrogen (secondary N) is 1. The second-order valence-electron chi connectivity index (χ2n) is 5.62. The lowest BCUT2D eigenvalue weighted by molar-refractivity contribution is 0.198. The Balaban J connectivity index is 1.78. The number of piperidine rings is 1. The summed E-state index contributed by atoms with van der Waals surface area (Å²) in [6.07, 6.45) is 2.53. The molecule has 1 aliphatic heterocycles. The molecule has 0 aliphatic carbocycles. The van der Waals surface area contributed by atoms with Gasteiger partial charge < -0.3 is 10.2 Å². The summed E-state index contributed by atoms with van der Waals surface area (Å²) in [5.74, 6) is 0.783. The van der Waals surface area contributed by atoms with Crippen LogP contribution in [-0.2, 0) is 0 Å². The van der Waals surface area contributed by atoms with Crippen molar-refractivity contribution in [1.82, 2.24) is 4.90 Å². The first-order valence-corrected chi connectivity index (χ1v) is 7.96. The maximum Gasteiger partial charge on any atom is 0.0343 e. The number of likely N-dealkylation sites (tertiary alicyclic amines) is 1. The third kappa shape index (κ3) is 4.43. The van der Waals surface area contributed by atoms with Crippen LogP contribution in [0.4, 0.5) is 5.69 Å². The summed E-state index contributed by atoms with van der Waals surface area (Å²) in [5.41, 5.74) is 1.26. The first-order valence-electron chi connectivity index (χ1n) is 6.88. The molecule has 0 saturated carbocycles. The van der Waals surface area contributed by atoms with E-state index in [4.69, 9.17) is 0 Å². The van der Waals surface area contributed by atoms with E-state index in [1.807, 2.05) is 0 Å². The molecule has 1 saturated heterocycles. The van der Waals surface area contributed by atoms with Crippen LogP contribution >= 0.6 is 22.6 Å². The first kappa shape index (κ1) is 14.1. The number of anilines is 1. The molecular formula is C15H23IN2. The number of hydrogen-bond donors (Lipinski definition) is 1. The molecule has 0 atom stereocenters. The Kier molecular flexibility index (Phi) is 5.30. The Morgan fingerprint density at radius 2 is 1.83 bits per heavy atom. The van der Waals surface area contributed by atoms with E-state index in [9.17, 15) is 0 Å². The van der Waals surface area contributed by atoms with Crippen molar-refractivity contribution in [2.45, 2.75) is 32.7 Å². The van der Waals surface area contributed by atoms with Crippen LogP contribution in [0.3, 0.4) is 0 Å². The molecule has 0 unspecified atom stereocenters. The number of nitrogens with zero attached hydrogens (tertiary/aromatic N) is 1. The molecule has 0 radical (unpaired) electrons. The minimum Gasteiger partial charge on any atom is -0.382 e. The van der Waals surface area contributed by atoms with Crippen LogP contribution in [0, 0.1) is 9.49 Å². The topological polar surface area (TPSA) is 15.3 Å². The molecule has 18 heavy (non-hydrogen) atoms. The Bertz CT molecular complexity index is 353. The van der Waals surface area contributed by atoms with Gasteiger partial charge in [0.05, 0.1) is 0 Å². The first-order chi connectivity index (χ1) is 8.63. The molecule has 1 aromatic rings. The van der Waals surface area contributed by atoms with Crippen molar-refractivity contribution >= 4 is 28.3 Å². The monoisotopic (exact) mass is 358 g/mol. The molecule has 1 aromatic carbocycles. The molecule has 0 bridgehead atoms. The van der Waals surface area contributed by atoms with Gasteiger partial charge in [0.1, 0.15) is 0 Å². The van der Waals surface area contributed by atoms with Crippen LogP contribution < -0.4 is 5.32 Å². The van der Waals surface area contributed by atoms with Crippen LogP contribution in [0.5, 0.6) is 0 Å². The molecule has 2 rings (SSSR count). The molecule has 100 valence electrons. The van der Waals surface area contributed by atoms with E-state index < -0.39 is 0 Å². The number of halogens is 1. The van der Waals surface area contributed by atoms with Gasteiger partial charge in [-0.3, -0.25) is 0 Å². The summed E-state index contributed by atoms with van der Waals surface area (Å²) in [7, 11) is 0. The van der Waals surface area contributed by atoms with Gasteiger partial charge in [-0.15, -0.1) is 0 Å². The van der Waals surface area contributed by atoms with Gasteiger partial charge >= 0.3 is 0 Å². The van der Waals surface area contributed by atoms with Crippen LogP contribution in [0.25, 0.3) is 0 Å². The van der Waals surface area contributed by atoms with Crippen LogP contribution in [-0.4, -0.2) is 30.6 Å². The Morgan fingerprint density at radius 1 is 1.22 bits per heavy atom. The van der Waals surface area contributed by atoms with E-state index in [1.165, 1.54) is 41.7 Å². The standard InChI is InChI=1S/C15H23IN2/c1-12(2)11-18-9-7-15(8-10-18)17-14-5-3-13(16)4-6-14/h3-6,12,15,17H,7-11H2,1-2H3. The van der Waals surface area contributed by atoms with E-state index in [0.29, 0.717) is 6.04 Å². The van der Waals surface area contributed by atoms with Gasteiger partial charge in [0.25, 0.3) is 0 Å². The summed E-state index contributed by atoms with van der Waals surface area (Å²) in [5, 5.41) is 3.65. The molecule has 0 amide bonds. The fourth-order valence-corrected chi connectivity index (χ4v) is 2.92. The highest BCUT2D eigenvalue weighted by Gasteiger charge is 2.19. The van der Waals surface area contributed by atoms with Gasteiger partial charge in [-0.05, 0) is 65.6 Å². The molecular weight excluding hydrogens is 335 g/mol. The summed E-state index contributed by atoms with van der Waals surface area (Å²) in [4.78, 5) is 2.59. The van der Waals surface area contributed by atoms with E-state index in [1.54, 1.807) is 0 Å². The summed E-state index contributed by atoms with van der Waals surface area (Å²) < 4.78 is 1.30. The predicted molar refractivity (Wildman–Crippen MR) is 87.1 cm³/mol. The largest absolute Gasteiger partial charge is 0.382 e. The minimum absolute atomic E-state index is 0.647. The second-order valence-corrected chi connectivity index (χ2v) is 6.87. The molecule has 3 heteroatoms. The van der Waals surface area contributed by atoms with Crippen molar-refractivity contribution in [1.29, 1.82) is 0 Å². The van der Waals surface area contributed by atoms with Crippen molar-refractivity contribution in [3.63, 3.8) is 0 Å². The van der Waals surface area contributed by atoms with Gasteiger partial charge in [0.2, 0.25) is 0 Å². The molecule has 1 heterocycles. The van der Waals surface area contributed by atoms with Crippen molar-refractivity contribution in [3.05, 3.63) is 27.8 Å². The fourth-order valence-electron chi connectivity index (χ4n) is 2.56. The Morgan fingerprint density at radius 3 is 2.39 bits per heavy atom. The van der Waals surface area contributed by atoms with Crippen LogP contribution in [0.15, 0.2) is 24.3 Å². The molecule has 0 aromatic heterocycles. The van der Waals surface area contributed by atoms with Gasteiger partial charge in [0, 0.05) is 34.9 Å². The zero-order valence-electron chi connectivity index (χ0n) is 11.3. The maximum atomic E-state index is 3.65. The summed E-state index contributed by atoms with van der Waals surface area (Å²) in [6.45, 7) is 8.32. The van der Waals surface area contributed by atoms with Crippen molar-refractivity contribution in [2.75, 3.05) is 25.0 Å². The molecule has 1 N–H and O–H groups in total. The van der Waals surface area contributed by atoms with E-state index in [2.05, 4.69) is 70.9 Å². The lowest BCUT2D eigenvalue weighted by Crippen LogP contribution is -2.40. The van der Waals surface area contributed by atoms with Crippen molar-refractivity contribution in [2.24, 2.45) is 5.92 Å². The van der Waals surface area contributed by atoms with Crippen LogP contribution in [0.2, 0.25) is 0 Å². The van der Waals surface area contributed by atoms with Gasteiger partial charge in [0.15, 0.2) is 0 Å². The van der Waals surface area contributed by atoms with Crippen molar-refractivity contribution in [3.8, 4) is 0 Å². The summed E-state index contributed by atoms with van der Waals surface area (Å²) in [6, 6.07) is 9.34. The smallest absolute Gasteiger partial charge is 0.0343 e. The lowest BCUT2D eigenvalue weighted by atomic mass is 10.0. The Labute approximate surface area is 124 Å². The summed E-state index contributed by atoms with van der Waals surface area (Å²) >= 11 is 2.35. The van der Waals surface area contributed by atoms with E-state index in [0.717, 1.165) is 5.92 Å². The van der Waals surface area contributed by atoms with Crippen molar-refractivity contribution < 1.29 is 0 Å². The zero-order chi connectivity index (χ0) is 13.0. The van der Waals surface area contributed by atoms with Gasteiger partial charge in [-0.25, -0.2) is 0 Å².